The Morgan fingerprint density at radius 3 is 2.37 bits per heavy atom. The third-order valence-corrected chi connectivity index (χ3v) is 3.78. The number of fused-ring (bicyclic) bond motifs is 2. The van der Waals surface area contributed by atoms with Gasteiger partial charge in [-0.25, -0.2) is 4.98 Å². The first-order valence-corrected chi connectivity index (χ1v) is 6.46. The summed E-state index contributed by atoms with van der Waals surface area (Å²) in [7, 11) is 0. The number of nitrogens with one attached hydrogen (secondary N) is 1. The number of nitrogens with zero attached hydrogens (tertiary/aromatic N) is 1. The van der Waals surface area contributed by atoms with Gasteiger partial charge in [-0.15, -0.1) is 0 Å². The van der Waals surface area contributed by atoms with Crippen LogP contribution in [0.25, 0.3) is 0 Å². The fourth-order valence-electron chi connectivity index (χ4n) is 2.89. The van der Waals surface area contributed by atoms with Crippen LogP contribution in [0.4, 0.5) is 13.2 Å². The summed E-state index contributed by atoms with van der Waals surface area (Å²) in [4.78, 5) is 3.75. The highest BCUT2D eigenvalue weighted by molar-refractivity contribution is 5.20. The standard InChI is InChI=1S/C13H15F3N2O/c14-13(15,16)8-1-4-12(17-7-8)19-11-5-9-2-3-10(6-11)18-9/h1,4,7,9-11,18H,2-3,5-6H2/t9-,10+,11+. The van der Waals surface area contributed by atoms with Crippen LogP contribution in [0.5, 0.6) is 5.88 Å². The zero-order valence-electron chi connectivity index (χ0n) is 10.3. The maximum absolute atomic E-state index is 12.4. The van der Waals surface area contributed by atoms with Gasteiger partial charge in [-0.3, -0.25) is 0 Å². The second-order valence-electron chi connectivity index (χ2n) is 5.23. The maximum atomic E-state index is 12.4. The molecular weight excluding hydrogens is 257 g/mol. The molecule has 2 fully saturated rings. The van der Waals surface area contributed by atoms with Crippen LogP contribution in [0.15, 0.2) is 18.3 Å². The van der Waals surface area contributed by atoms with Gasteiger partial charge < -0.3 is 10.1 Å². The Bertz CT molecular complexity index is 434. The molecule has 0 spiro atoms. The normalized spacial score (nSPS) is 30.4. The molecule has 6 heteroatoms. The summed E-state index contributed by atoms with van der Waals surface area (Å²) < 4.78 is 42.9. The first-order valence-electron chi connectivity index (χ1n) is 6.46. The van der Waals surface area contributed by atoms with E-state index in [9.17, 15) is 13.2 Å². The van der Waals surface area contributed by atoms with Crippen LogP contribution in [-0.2, 0) is 6.18 Å². The quantitative estimate of drug-likeness (QED) is 0.899. The zero-order chi connectivity index (χ0) is 13.5. The van der Waals surface area contributed by atoms with Gasteiger partial charge in [0, 0.05) is 24.3 Å². The molecule has 3 rings (SSSR count). The molecule has 3 heterocycles. The van der Waals surface area contributed by atoms with Gasteiger partial charge in [0.25, 0.3) is 0 Å². The highest BCUT2D eigenvalue weighted by Crippen LogP contribution is 2.31. The van der Waals surface area contributed by atoms with Crippen LogP contribution in [0.1, 0.15) is 31.2 Å². The number of ether oxygens (including phenoxy) is 1. The monoisotopic (exact) mass is 272 g/mol. The Kier molecular flexibility index (Phi) is 3.12. The van der Waals surface area contributed by atoms with Crippen LogP contribution in [0.3, 0.4) is 0 Å². The molecule has 3 atom stereocenters. The average Bonchev–Trinajstić information content (AvgIpc) is 2.68. The molecule has 2 bridgehead atoms. The van der Waals surface area contributed by atoms with Crippen molar-refractivity contribution in [3.05, 3.63) is 23.9 Å². The highest BCUT2D eigenvalue weighted by Gasteiger charge is 2.35. The summed E-state index contributed by atoms with van der Waals surface area (Å²) in [5.74, 6) is 0.277. The fourth-order valence-corrected chi connectivity index (χ4v) is 2.89. The Balaban J connectivity index is 1.64. The Morgan fingerprint density at radius 2 is 1.84 bits per heavy atom. The minimum absolute atomic E-state index is 0.0583. The van der Waals surface area contributed by atoms with Crippen molar-refractivity contribution in [3.63, 3.8) is 0 Å². The summed E-state index contributed by atoms with van der Waals surface area (Å²) in [6, 6.07) is 3.28. The molecule has 104 valence electrons. The molecule has 0 aromatic carbocycles. The molecule has 0 aliphatic carbocycles. The number of rotatable bonds is 2. The van der Waals surface area contributed by atoms with Crippen molar-refractivity contribution in [3.8, 4) is 5.88 Å². The fraction of sp³-hybridized carbons (Fsp3) is 0.615. The molecule has 3 nitrogen and oxygen atoms in total. The van der Waals surface area contributed by atoms with Crippen LogP contribution in [0.2, 0.25) is 0 Å². The molecule has 19 heavy (non-hydrogen) atoms. The molecule has 0 radical (unpaired) electrons. The number of hydrogen-bond donors (Lipinski definition) is 1. The van der Waals surface area contributed by atoms with Gasteiger partial charge in [0.15, 0.2) is 0 Å². The van der Waals surface area contributed by atoms with Crippen molar-refractivity contribution in [2.45, 2.75) is 50.0 Å². The SMILES string of the molecule is FC(F)(F)c1ccc(O[C@H]2C[C@H]3CC[C@@H](C2)N3)nc1. The second kappa shape index (κ2) is 4.67. The predicted octanol–water partition coefficient (Wildman–Crippen LogP) is 2.76. The Labute approximate surface area is 109 Å². The van der Waals surface area contributed by atoms with Crippen molar-refractivity contribution < 1.29 is 17.9 Å². The van der Waals surface area contributed by atoms with E-state index in [1.54, 1.807) is 0 Å². The van der Waals surface area contributed by atoms with Crippen LogP contribution < -0.4 is 10.1 Å². The third-order valence-electron chi connectivity index (χ3n) is 3.78. The number of aromatic nitrogens is 1. The molecule has 1 aromatic heterocycles. The van der Waals surface area contributed by atoms with Crippen LogP contribution >= 0.6 is 0 Å². The molecule has 2 aliphatic rings. The zero-order valence-corrected chi connectivity index (χ0v) is 10.3. The van der Waals surface area contributed by atoms with Crippen LogP contribution in [-0.4, -0.2) is 23.2 Å². The minimum Gasteiger partial charge on any atom is -0.474 e. The summed E-state index contributed by atoms with van der Waals surface area (Å²) in [6.45, 7) is 0. The second-order valence-corrected chi connectivity index (χ2v) is 5.23. The Hall–Kier alpha value is -1.30. The lowest BCUT2D eigenvalue weighted by molar-refractivity contribution is -0.137. The van der Waals surface area contributed by atoms with Gasteiger partial charge in [-0.05, 0) is 31.7 Å². The summed E-state index contributed by atoms with van der Waals surface area (Å²) in [6.07, 6.45) is 0.654. The molecule has 1 N–H and O–H groups in total. The number of pyridine rings is 1. The van der Waals surface area contributed by atoms with Crippen molar-refractivity contribution in [2.75, 3.05) is 0 Å². The third kappa shape index (κ3) is 2.83. The molecule has 2 aliphatic heterocycles. The van der Waals surface area contributed by atoms with Gasteiger partial charge in [-0.2, -0.15) is 13.2 Å². The van der Waals surface area contributed by atoms with Gasteiger partial charge in [0.05, 0.1) is 5.56 Å². The maximum Gasteiger partial charge on any atom is 0.417 e. The molecule has 0 amide bonds. The lowest BCUT2D eigenvalue weighted by Crippen LogP contribution is -2.42. The molecule has 0 unspecified atom stereocenters. The molecular formula is C13H15F3N2O. The number of alkyl halides is 3. The van der Waals surface area contributed by atoms with Gasteiger partial charge >= 0.3 is 6.18 Å². The summed E-state index contributed by atoms with van der Waals surface area (Å²) in [5.41, 5.74) is -0.745. The van der Waals surface area contributed by atoms with E-state index in [4.69, 9.17) is 4.74 Å². The topological polar surface area (TPSA) is 34.1 Å². The highest BCUT2D eigenvalue weighted by atomic mass is 19.4. The lowest BCUT2D eigenvalue weighted by Gasteiger charge is -2.29. The van der Waals surface area contributed by atoms with Crippen molar-refractivity contribution in [2.24, 2.45) is 0 Å². The van der Waals surface area contributed by atoms with E-state index in [2.05, 4.69) is 10.3 Å². The number of halogens is 3. The number of hydrogen-bond acceptors (Lipinski definition) is 3. The molecule has 0 saturated carbocycles. The van der Waals surface area contributed by atoms with Gasteiger partial charge in [0.1, 0.15) is 6.10 Å². The smallest absolute Gasteiger partial charge is 0.417 e. The van der Waals surface area contributed by atoms with E-state index in [1.807, 2.05) is 0 Å². The van der Waals surface area contributed by atoms with Gasteiger partial charge in [0.2, 0.25) is 5.88 Å². The van der Waals surface area contributed by atoms with E-state index in [-0.39, 0.29) is 12.0 Å². The van der Waals surface area contributed by atoms with E-state index in [0.29, 0.717) is 12.1 Å². The van der Waals surface area contributed by atoms with Gasteiger partial charge in [-0.1, -0.05) is 0 Å². The van der Waals surface area contributed by atoms with E-state index >= 15 is 0 Å². The summed E-state index contributed by atoms with van der Waals surface area (Å²) in [5, 5.41) is 3.49. The number of piperidine rings is 1. The van der Waals surface area contributed by atoms with Crippen molar-refractivity contribution in [1.29, 1.82) is 0 Å². The molecule has 2 saturated heterocycles. The minimum atomic E-state index is -4.35. The van der Waals surface area contributed by atoms with Crippen molar-refractivity contribution >= 4 is 0 Å². The Morgan fingerprint density at radius 1 is 1.16 bits per heavy atom. The lowest BCUT2D eigenvalue weighted by atomic mass is 10.0. The van der Waals surface area contributed by atoms with E-state index in [0.717, 1.165) is 37.9 Å². The van der Waals surface area contributed by atoms with E-state index in [1.165, 1.54) is 6.07 Å². The predicted molar refractivity (Wildman–Crippen MR) is 62.8 cm³/mol. The van der Waals surface area contributed by atoms with Crippen LogP contribution in [0, 0.1) is 0 Å². The summed E-state index contributed by atoms with van der Waals surface area (Å²) >= 11 is 0. The molecule has 1 aromatic rings. The first kappa shape index (κ1) is 12.7. The van der Waals surface area contributed by atoms with Crippen molar-refractivity contribution in [1.82, 2.24) is 10.3 Å². The average molecular weight is 272 g/mol. The largest absolute Gasteiger partial charge is 0.474 e. The first-order chi connectivity index (χ1) is 9.00. The van der Waals surface area contributed by atoms with E-state index < -0.39 is 11.7 Å².